The Morgan fingerprint density at radius 2 is 1.58 bits per heavy atom. The molecule has 1 aliphatic rings. The second kappa shape index (κ2) is 7.10. The second-order valence-corrected chi connectivity index (χ2v) is 3.32. The maximum Gasteiger partial charge on any atom is 0.0570 e. The van der Waals surface area contributed by atoms with E-state index in [9.17, 15) is 0 Å². The van der Waals surface area contributed by atoms with Gasteiger partial charge in [0.15, 0.2) is 0 Å². The van der Waals surface area contributed by atoms with Crippen LogP contribution in [0, 0.1) is 0 Å². The highest BCUT2D eigenvalue weighted by molar-refractivity contribution is 5.84. The first-order chi connectivity index (χ1) is 5.66. The quantitative estimate of drug-likeness (QED) is 0.435. The highest BCUT2D eigenvalue weighted by Crippen LogP contribution is 2.13. The van der Waals surface area contributed by atoms with Gasteiger partial charge in [-0.1, -0.05) is 11.6 Å². The summed E-state index contributed by atoms with van der Waals surface area (Å²) in [7, 11) is 0. The van der Waals surface area contributed by atoms with Crippen LogP contribution in [0.4, 0.5) is 0 Å². The Morgan fingerprint density at radius 3 is 1.83 bits per heavy atom. The molecule has 0 unspecified atom stereocenters. The van der Waals surface area contributed by atoms with Crippen LogP contribution in [-0.2, 0) is 0 Å². The highest BCUT2D eigenvalue weighted by atomic mass is 16.4. The van der Waals surface area contributed by atoms with E-state index in [0.29, 0.717) is 0 Å². The Balaban J connectivity index is 0.000000261. The van der Waals surface area contributed by atoms with Crippen molar-refractivity contribution >= 4 is 5.71 Å². The van der Waals surface area contributed by atoms with Crippen molar-refractivity contribution in [2.75, 3.05) is 0 Å². The molecule has 0 bridgehead atoms. The zero-order chi connectivity index (χ0) is 9.40. The molecule has 3 heteroatoms. The van der Waals surface area contributed by atoms with Crippen LogP contribution in [0.25, 0.3) is 0 Å². The van der Waals surface area contributed by atoms with E-state index in [2.05, 4.69) is 5.16 Å². The zero-order valence-corrected chi connectivity index (χ0v) is 7.95. The van der Waals surface area contributed by atoms with Gasteiger partial charge in [0, 0.05) is 6.10 Å². The van der Waals surface area contributed by atoms with Crippen LogP contribution in [0.3, 0.4) is 0 Å². The van der Waals surface area contributed by atoms with Gasteiger partial charge in [0.1, 0.15) is 0 Å². The summed E-state index contributed by atoms with van der Waals surface area (Å²) in [6, 6.07) is 0. The number of hydrogen-bond donors (Lipinski definition) is 2. The molecule has 0 saturated heterocycles. The lowest BCUT2D eigenvalue weighted by molar-refractivity contribution is 0.216. The molecule has 72 valence electrons. The van der Waals surface area contributed by atoms with Crippen molar-refractivity contribution < 1.29 is 10.3 Å². The van der Waals surface area contributed by atoms with Crippen LogP contribution < -0.4 is 0 Å². The van der Waals surface area contributed by atoms with Gasteiger partial charge in [0.2, 0.25) is 0 Å². The summed E-state index contributed by atoms with van der Waals surface area (Å²) in [5.41, 5.74) is 0.983. The van der Waals surface area contributed by atoms with Crippen LogP contribution in [-0.4, -0.2) is 22.1 Å². The first kappa shape index (κ1) is 11.4. The standard InChI is InChI=1S/C6H11NO.C3H8O/c8-7-6-4-2-1-3-5-6;1-3(2)4/h8H,1-5H2;3-4H,1-2H3. The molecule has 0 spiro atoms. The minimum atomic E-state index is -0.167. The average molecular weight is 173 g/mol. The SMILES string of the molecule is CC(C)O.ON=C1CCCCC1. The summed E-state index contributed by atoms with van der Waals surface area (Å²) < 4.78 is 0. The van der Waals surface area contributed by atoms with Gasteiger partial charge in [0.05, 0.1) is 5.71 Å². The maximum atomic E-state index is 8.28. The van der Waals surface area contributed by atoms with E-state index >= 15 is 0 Å². The molecule has 0 aliphatic heterocycles. The predicted molar refractivity (Wildman–Crippen MR) is 49.7 cm³/mol. The Labute approximate surface area is 74.1 Å². The summed E-state index contributed by atoms with van der Waals surface area (Å²) in [4.78, 5) is 0. The van der Waals surface area contributed by atoms with E-state index in [0.717, 1.165) is 18.6 Å². The minimum Gasteiger partial charge on any atom is -0.411 e. The molecule has 1 fully saturated rings. The normalized spacial score (nSPS) is 16.8. The molecule has 0 amide bonds. The van der Waals surface area contributed by atoms with Crippen molar-refractivity contribution in [3.05, 3.63) is 0 Å². The van der Waals surface area contributed by atoms with Crippen molar-refractivity contribution in [3.63, 3.8) is 0 Å². The van der Waals surface area contributed by atoms with Gasteiger partial charge in [-0.3, -0.25) is 0 Å². The van der Waals surface area contributed by atoms with Crippen molar-refractivity contribution in [1.82, 2.24) is 0 Å². The highest BCUT2D eigenvalue weighted by Gasteiger charge is 2.05. The van der Waals surface area contributed by atoms with Crippen LogP contribution >= 0.6 is 0 Å². The van der Waals surface area contributed by atoms with Crippen LogP contribution in [0.1, 0.15) is 46.0 Å². The number of aliphatic hydroxyl groups is 1. The fourth-order valence-electron chi connectivity index (χ4n) is 1.06. The molecule has 1 rings (SSSR count). The van der Waals surface area contributed by atoms with Gasteiger partial charge in [-0.05, 0) is 39.5 Å². The topological polar surface area (TPSA) is 52.8 Å². The molecule has 12 heavy (non-hydrogen) atoms. The van der Waals surface area contributed by atoms with E-state index in [4.69, 9.17) is 10.3 Å². The van der Waals surface area contributed by atoms with Crippen molar-refractivity contribution in [1.29, 1.82) is 0 Å². The molecule has 0 aromatic rings. The van der Waals surface area contributed by atoms with Crippen LogP contribution in [0.15, 0.2) is 5.16 Å². The average Bonchev–Trinajstić information content (AvgIpc) is 2.05. The summed E-state index contributed by atoms with van der Waals surface area (Å²) in [5.74, 6) is 0. The fraction of sp³-hybridized carbons (Fsp3) is 0.889. The number of hydrogen-bond acceptors (Lipinski definition) is 3. The van der Waals surface area contributed by atoms with E-state index in [1.54, 1.807) is 13.8 Å². The van der Waals surface area contributed by atoms with Crippen molar-refractivity contribution in [2.45, 2.75) is 52.1 Å². The molecule has 0 aromatic heterocycles. The van der Waals surface area contributed by atoms with Crippen molar-refractivity contribution in [2.24, 2.45) is 5.16 Å². The Bertz CT molecular complexity index is 122. The summed E-state index contributed by atoms with van der Waals surface area (Å²) in [6.45, 7) is 3.44. The molecule has 0 radical (unpaired) electrons. The zero-order valence-electron chi connectivity index (χ0n) is 7.95. The van der Waals surface area contributed by atoms with E-state index < -0.39 is 0 Å². The number of rotatable bonds is 0. The lowest BCUT2D eigenvalue weighted by Crippen LogP contribution is -2.03. The van der Waals surface area contributed by atoms with Gasteiger partial charge < -0.3 is 10.3 Å². The lowest BCUT2D eigenvalue weighted by Gasteiger charge is -2.08. The van der Waals surface area contributed by atoms with Gasteiger partial charge in [-0.15, -0.1) is 0 Å². The lowest BCUT2D eigenvalue weighted by atomic mass is 9.99. The van der Waals surface area contributed by atoms with Gasteiger partial charge in [-0.2, -0.15) is 0 Å². The first-order valence-electron chi connectivity index (χ1n) is 4.54. The van der Waals surface area contributed by atoms with E-state index in [-0.39, 0.29) is 6.10 Å². The fourth-order valence-corrected chi connectivity index (χ4v) is 1.06. The second-order valence-electron chi connectivity index (χ2n) is 3.32. The molecule has 0 heterocycles. The van der Waals surface area contributed by atoms with Crippen LogP contribution in [0.2, 0.25) is 0 Å². The summed E-state index contributed by atoms with van der Waals surface area (Å²) >= 11 is 0. The Hall–Kier alpha value is -0.570. The molecular weight excluding hydrogens is 154 g/mol. The molecule has 1 aliphatic carbocycles. The molecular formula is C9H19NO2. The molecule has 0 atom stereocenters. The summed E-state index contributed by atoms with van der Waals surface area (Å²) in [6.07, 6.45) is 5.57. The Kier molecular flexibility index (Phi) is 6.76. The van der Waals surface area contributed by atoms with E-state index in [1.807, 2.05) is 0 Å². The van der Waals surface area contributed by atoms with Crippen LogP contribution in [0.5, 0.6) is 0 Å². The number of aliphatic hydroxyl groups excluding tert-OH is 1. The van der Waals surface area contributed by atoms with E-state index in [1.165, 1.54) is 19.3 Å². The third-order valence-corrected chi connectivity index (χ3v) is 1.57. The van der Waals surface area contributed by atoms with Gasteiger partial charge >= 0.3 is 0 Å². The molecule has 0 aromatic carbocycles. The third-order valence-electron chi connectivity index (χ3n) is 1.57. The Morgan fingerprint density at radius 1 is 1.17 bits per heavy atom. The molecule has 1 saturated carbocycles. The summed E-state index contributed by atoms with van der Waals surface area (Å²) in [5, 5.41) is 19.5. The number of oxime groups is 1. The first-order valence-corrected chi connectivity index (χ1v) is 4.54. The minimum absolute atomic E-state index is 0.167. The third kappa shape index (κ3) is 7.54. The maximum absolute atomic E-state index is 8.28. The predicted octanol–water partition coefficient (Wildman–Crippen LogP) is 2.17. The molecule has 2 N–H and O–H groups in total. The van der Waals surface area contributed by atoms with Gasteiger partial charge in [-0.25, -0.2) is 0 Å². The van der Waals surface area contributed by atoms with Crippen molar-refractivity contribution in [3.8, 4) is 0 Å². The largest absolute Gasteiger partial charge is 0.411 e. The number of nitrogens with zero attached hydrogens (tertiary/aromatic N) is 1. The van der Waals surface area contributed by atoms with Gasteiger partial charge in [0.25, 0.3) is 0 Å². The monoisotopic (exact) mass is 173 g/mol. The smallest absolute Gasteiger partial charge is 0.0570 e. The molecule has 3 nitrogen and oxygen atoms in total.